The van der Waals surface area contributed by atoms with Crippen molar-refractivity contribution in [3.05, 3.63) is 48.5 Å². The van der Waals surface area contributed by atoms with Crippen LogP contribution < -0.4 is 5.32 Å². The number of pyridine rings is 1. The first-order valence-electron chi connectivity index (χ1n) is 8.99. The number of hydrogen-bond acceptors (Lipinski definition) is 6. The van der Waals surface area contributed by atoms with Gasteiger partial charge in [-0.25, -0.2) is 9.97 Å². The second-order valence-electron chi connectivity index (χ2n) is 6.72. The number of rotatable bonds is 7. The summed E-state index contributed by atoms with van der Waals surface area (Å²) >= 11 is 1.75. The average Bonchev–Trinajstić information content (AvgIpc) is 2.65. The van der Waals surface area contributed by atoms with E-state index in [1.54, 1.807) is 36.5 Å². The summed E-state index contributed by atoms with van der Waals surface area (Å²) < 4.78 is 0. The highest BCUT2D eigenvalue weighted by Gasteiger charge is 2.24. The maximum absolute atomic E-state index is 12.3. The number of carbonyl (C=O) groups excluding carboxylic acids is 1. The Kier molecular flexibility index (Phi) is 6.96. The van der Waals surface area contributed by atoms with E-state index in [0.29, 0.717) is 11.8 Å². The Bertz CT molecular complexity index is 677. The quantitative estimate of drug-likeness (QED) is 0.754. The molecule has 0 aliphatic heterocycles. The largest absolute Gasteiger partial charge is 0.352 e. The van der Waals surface area contributed by atoms with Crippen molar-refractivity contribution in [1.29, 1.82) is 0 Å². The molecule has 1 N–H and O–H groups in total. The average molecular weight is 372 g/mol. The standard InChI is InChI=1S/C19H25N5OS/c1-24(13-15-7-11-20-12-8-15)14-18(25)23-16-3-5-17(6-4-16)26-19-21-9-2-10-22-19/h2,7-12,16-17H,3-6,13-14H2,1H3,(H,23,25). The van der Waals surface area contributed by atoms with Gasteiger partial charge in [-0.05, 0) is 56.5 Å². The lowest BCUT2D eigenvalue weighted by atomic mass is 9.95. The second kappa shape index (κ2) is 9.64. The van der Waals surface area contributed by atoms with Crippen LogP contribution in [-0.4, -0.2) is 50.6 Å². The zero-order valence-corrected chi connectivity index (χ0v) is 15.9. The van der Waals surface area contributed by atoms with Gasteiger partial charge >= 0.3 is 0 Å². The normalized spacial score (nSPS) is 20.1. The molecule has 2 aromatic rings. The highest BCUT2D eigenvalue weighted by molar-refractivity contribution is 7.99. The van der Waals surface area contributed by atoms with Crippen LogP contribution in [0.3, 0.4) is 0 Å². The number of hydrogen-bond donors (Lipinski definition) is 1. The van der Waals surface area contributed by atoms with Gasteiger partial charge in [0.1, 0.15) is 0 Å². The number of nitrogens with zero attached hydrogens (tertiary/aromatic N) is 4. The van der Waals surface area contributed by atoms with Crippen molar-refractivity contribution in [3.63, 3.8) is 0 Å². The molecule has 2 heterocycles. The molecular weight excluding hydrogens is 346 g/mol. The fourth-order valence-corrected chi connectivity index (χ4v) is 4.24. The molecule has 3 rings (SSSR count). The molecule has 7 heteroatoms. The number of amides is 1. The molecule has 0 radical (unpaired) electrons. The van der Waals surface area contributed by atoms with Crippen LogP contribution in [0.25, 0.3) is 0 Å². The van der Waals surface area contributed by atoms with E-state index in [9.17, 15) is 4.79 Å². The zero-order valence-electron chi connectivity index (χ0n) is 15.0. The third kappa shape index (κ3) is 6.07. The van der Waals surface area contributed by atoms with Gasteiger partial charge in [0.2, 0.25) is 5.91 Å². The van der Waals surface area contributed by atoms with E-state index in [-0.39, 0.29) is 11.9 Å². The second-order valence-corrected chi connectivity index (χ2v) is 7.99. The molecule has 1 aliphatic carbocycles. The molecule has 0 aromatic carbocycles. The summed E-state index contributed by atoms with van der Waals surface area (Å²) in [5.41, 5.74) is 1.16. The molecule has 0 atom stereocenters. The van der Waals surface area contributed by atoms with E-state index < -0.39 is 0 Å². The number of likely N-dealkylation sites (N-methyl/N-ethyl adjacent to an activating group) is 1. The van der Waals surface area contributed by atoms with E-state index in [1.807, 2.05) is 30.1 Å². The van der Waals surface area contributed by atoms with Crippen LogP contribution in [-0.2, 0) is 11.3 Å². The molecular formula is C19H25N5OS. The summed E-state index contributed by atoms with van der Waals surface area (Å²) in [4.78, 5) is 26.9. The number of carbonyl (C=O) groups is 1. The van der Waals surface area contributed by atoms with Crippen LogP contribution in [0, 0.1) is 0 Å². The molecule has 0 bridgehead atoms. The highest BCUT2D eigenvalue weighted by atomic mass is 32.2. The maximum atomic E-state index is 12.3. The van der Waals surface area contributed by atoms with E-state index in [2.05, 4.69) is 20.3 Å². The van der Waals surface area contributed by atoms with Gasteiger partial charge in [0.05, 0.1) is 6.54 Å². The Balaban J connectivity index is 1.36. The Morgan fingerprint density at radius 3 is 2.54 bits per heavy atom. The predicted octanol–water partition coefficient (Wildman–Crippen LogP) is 2.52. The Morgan fingerprint density at radius 2 is 1.85 bits per heavy atom. The highest BCUT2D eigenvalue weighted by Crippen LogP contribution is 2.31. The van der Waals surface area contributed by atoms with Gasteiger partial charge < -0.3 is 5.32 Å². The van der Waals surface area contributed by atoms with E-state index in [0.717, 1.165) is 42.9 Å². The molecule has 1 aliphatic rings. The third-order valence-corrected chi connectivity index (χ3v) is 5.70. The molecule has 1 saturated carbocycles. The predicted molar refractivity (Wildman–Crippen MR) is 103 cm³/mol. The van der Waals surface area contributed by atoms with E-state index in [4.69, 9.17) is 0 Å². The van der Waals surface area contributed by atoms with Crippen molar-refractivity contribution in [1.82, 2.24) is 25.2 Å². The number of aromatic nitrogens is 3. The molecule has 6 nitrogen and oxygen atoms in total. The maximum Gasteiger partial charge on any atom is 0.234 e. The minimum absolute atomic E-state index is 0.101. The fraction of sp³-hybridized carbons (Fsp3) is 0.474. The molecule has 138 valence electrons. The summed E-state index contributed by atoms with van der Waals surface area (Å²) in [6.45, 7) is 1.16. The first kappa shape index (κ1) is 18.8. The van der Waals surface area contributed by atoms with Crippen molar-refractivity contribution < 1.29 is 4.79 Å². The van der Waals surface area contributed by atoms with Crippen molar-refractivity contribution in [2.24, 2.45) is 0 Å². The van der Waals surface area contributed by atoms with Gasteiger partial charge in [-0.2, -0.15) is 0 Å². The van der Waals surface area contributed by atoms with Gasteiger partial charge in [-0.3, -0.25) is 14.7 Å². The van der Waals surface area contributed by atoms with Gasteiger partial charge in [0.25, 0.3) is 0 Å². The van der Waals surface area contributed by atoms with Crippen LogP contribution >= 0.6 is 11.8 Å². The molecule has 1 amide bonds. The summed E-state index contributed by atoms with van der Waals surface area (Å²) in [5.74, 6) is 0.101. The monoisotopic (exact) mass is 371 g/mol. The lowest BCUT2D eigenvalue weighted by molar-refractivity contribution is -0.122. The van der Waals surface area contributed by atoms with Crippen molar-refractivity contribution in [3.8, 4) is 0 Å². The number of nitrogens with one attached hydrogen (secondary N) is 1. The molecule has 2 aromatic heterocycles. The first-order chi connectivity index (χ1) is 12.7. The fourth-order valence-electron chi connectivity index (χ4n) is 3.19. The molecule has 1 fully saturated rings. The molecule has 0 spiro atoms. The summed E-state index contributed by atoms with van der Waals surface area (Å²) in [5, 5.41) is 4.57. The van der Waals surface area contributed by atoms with Crippen molar-refractivity contribution >= 4 is 17.7 Å². The van der Waals surface area contributed by atoms with Crippen LogP contribution in [0.2, 0.25) is 0 Å². The van der Waals surface area contributed by atoms with Gasteiger partial charge in [-0.15, -0.1) is 0 Å². The van der Waals surface area contributed by atoms with Crippen LogP contribution in [0.5, 0.6) is 0 Å². The van der Waals surface area contributed by atoms with Gasteiger partial charge in [0.15, 0.2) is 5.16 Å². The first-order valence-corrected chi connectivity index (χ1v) is 9.87. The molecule has 0 unspecified atom stereocenters. The Morgan fingerprint density at radius 1 is 1.15 bits per heavy atom. The minimum atomic E-state index is 0.101. The van der Waals surface area contributed by atoms with E-state index >= 15 is 0 Å². The van der Waals surface area contributed by atoms with Crippen LogP contribution in [0.15, 0.2) is 48.1 Å². The summed E-state index contributed by atoms with van der Waals surface area (Å²) in [7, 11) is 1.97. The van der Waals surface area contributed by atoms with Gasteiger partial charge in [0, 0.05) is 42.6 Å². The van der Waals surface area contributed by atoms with Crippen LogP contribution in [0.1, 0.15) is 31.2 Å². The van der Waals surface area contributed by atoms with Gasteiger partial charge in [-0.1, -0.05) is 11.8 Å². The van der Waals surface area contributed by atoms with Crippen LogP contribution in [0.4, 0.5) is 0 Å². The van der Waals surface area contributed by atoms with E-state index in [1.165, 1.54) is 0 Å². The van der Waals surface area contributed by atoms with Crippen molar-refractivity contribution in [2.75, 3.05) is 13.6 Å². The lowest BCUT2D eigenvalue weighted by Crippen LogP contribution is -2.42. The Labute approximate surface area is 158 Å². The molecule has 0 saturated heterocycles. The van der Waals surface area contributed by atoms with Crippen molar-refractivity contribution in [2.45, 2.75) is 48.7 Å². The smallest absolute Gasteiger partial charge is 0.234 e. The summed E-state index contributed by atoms with van der Waals surface area (Å²) in [6.07, 6.45) is 11.3. The minimum Gasteiger partial charge on any atom is -0.352 e. The lowest BCUT2D eigenvalue weighted by Gasteiger charge is -2.29. The topological polar surface area (TPSA) is 71.0 Å². The third-order valence-electron chi connectivity index (χ3n) is 4.47. The SMILES string of the molecule is CN(CC(=O)NC1CCC(Sc2ncccn2)CC1)Cc1ccncc1. The zero-order chi connectivity index (χ0) is 18.2. The Hall–Kier alpha value is -1.99. The summed E-state index contributed by atoms with van der Waals surface area (Å²) in [6, 6.07) is 6.07. The number of thioether (sulfide) groups is 1. The molecule has 26 heavy (non-hydrogen) atoms.